The van der Waals surface area contributed by atoms with Gasteiger partial charge in [-0.15, -0.1) is 0 Å². The third-order valence-electron chi connectivity index (χ3n) is 3.75. The summed E-state index contributed by atoms with van der Waals surface area (Å²) in [7, 11) is 0. The molecule has 4 heteroatoms. The van der Waals surface area contributed by atoms with Crippen molar-refractivity contribution in [2.75, 3.05) is 6.54 Å². The molecule has 2 amide bonds. The summed E-state index contributed by atoms with van der Waals surface area (Å²) >= 11 is 0. The summed E-state index contributed by atoms with van der Waals surface area (Å²) in [4.78, 5) is 25.0. The minimum absolute atomic E-state index is 0.101. The fourth-order valence-electron chi connectivity index (χ4n) is 2.40. The monoisotopic (exact) mass is 324 g/mol. The summed E-state index contributed by atoms with van der Waals surface area (Å²) < 4.78 is 0. The van der Waals surface area contributed by atoms with Crippen LogP contribution < -0.4 is 5.43 Å². The molecule has 0 saturated heterocycles. The van der Waals surface area contributed by atoms with Crippen LogP contribution >= 0.6 is 0 Å². The van der Waals surface area contributed by atoms with E-state index in [-0.39, 0.29) is 18.2 Å². The second-order valence-corrected chi connectivity index (χ2v) is 5.87. The minimum atomic E-state index is -0.254. The predicted molar refractivity (Wildman–Crippen MR) is 95.4 cm³/mol. The smallest absolute Gasteiger partial charge is 0.269 e. The Hall–Kier alpha value is -2.62. The highest BCUT2D eigenvalue weighted by Gasteiger charge is 2.17. The lowest BCUT2D eigenvalue weighted by Crippen LogP contribution is -2.47. The van der Waals surface area contributed by atoms with Gasteiger partial charge in [0.1, 0.15) is 0 Å². The molecule has 2 aromatic rings. The zero-order chi connectivity index (χ0) is 17.4. The van der Waals surface area contributed by atoms with E-state index in [2.05, 4.69) is 12.3 Å². The molecule has 2 aromatic carbocycles. The second kappa shape index (κ2) is 8.87. The average molecular weight is 324 g/mol. The number of amides is 2. The van der Waals surface area contributed by atoms with Crippen molar-refractivity contribution < 1.29 is 9.59 Å². The van der Waals surface area contributed by atoms with Crippen LogP contribution in [0.3, 0.4) is 0 Å². The third kappa shape index (κ3) is 5.23. The maximum absolute atomic E-state index is 12.6. The number of carbonyl (C=O) groups is 2. The Morgan fingerprint density at radius 2 is 1.79 bits per heavy atom. The molecular formula is C20H24N2O2. The third-order valence-corrected chi connectivity index (χ3v) is 3.75. The molecule has 0 aliphatic rings. The lowest BCUT2D eigenvalue weighted by atomic mass is 10.1. The van der Waals surface area contributed by atoms with E-state index in [0.717, 1.165) is 24.0 Å². The Balaban J connectivity index is 2.06. The summed E-state index contributed by atoms with van der Waals surface area (Å²) in [5.41, 5.74) is 5.27. The van der Waals surface area contributed by atoms with Gasteiger partial charge in [0.2, 0.25) is 5.91 Å². The molecule has 24 heavy (non-hydrogen) atoms. The standard InChI is InChI=1S/C20H24N2O2/c1-3-4-13-22(19(23)15-17-10-6-5-7-11-17)21-20(24)18-12-8-9-16(2)14-18/h5-12,14H,3-4,13,15H2,1-2H3,(H,21,24). The maximum Gasteiger partial charge on any atom is 0.269 e. The zero-order valence-electron chi connectivity index (χ0n) is 14.3. The summed E-state index contributed by atoms with van der Waals surface area (Å²) in [6.07, 6.45) is 2.07. The lowest BCUT2D eigenvalue weighted by molar-refractivity contribution is -0.133. The van der Waals surface area contributed by atoms with Crippen molar-refractivity contribution in [3.05, 3.63) is 71.3 Å². The highest BCUT2D eigenvalue weighted by atomic mass is 16.2. The van der Waals surface area contributed by atoms with Gasteiger partial charge in [-0.05, 0) is 31.0 Å². The van der Waals surface area contributed by atoms with Gasteiger partial charge in [0.15, 0.2) is 0 Å². The Bertz CT molecular complexity index is 683. The number of unbranched alkanes of at least 4 members (excludes halogenated alkanes) is 1. The molecule has 0 unspecified atom stereocenters. The van der Waals surface area contributed by atoms with E-state index in [4.69, 9.17) is 0 Å². The largest absolute Gasteiger partial charge is 0.273 e. The van der Waals surface area contributed by atoms with E-state index >= 15 is 0 Å². The highest BCUT2D eigenvalue weighted by Crippen LogP contribution is 2.06. The van der Waals surface area contributed by atoms with Crippen molar-refractivity contribution in [3.63, 3.8) is 0 Å². The van der Waals surface area contributed by atoms with Crippen LogP contribution in [0.25, 0.3) is 0 Å². The zero-order valence-corrected chi connectivity index (χ0v) is 14.3. The van der Waals surface area contributed by atoms with E-state index in [1.807, 2.05) is 55.5 Å². The Morgan fingerprint density at radius 3 is 2.46 bits per heavy atom. The van der Waals surface area contributed by atoms with Gasteiger partial charge in [-0.2, -0.15) is 0 Å². The first-order valence-electron chi connectivity index (χ1n) is 8.32. The molecule has 1 N–H and O–H groups in total. The summed E-state index contributed by atoms with van der Waals surface area (Å²) in [6, 6.07) is 16.9. The fraction of sp³-hybridized carbons (Fsp3) is 0.300. The van der Waals surface area contributed by atoms with Gasteiger partial charge in [-0.1, -0.05) is 61.4 Å². The number of hydrazine groups is 1. The molecular weight excluding hydrogens is 300 g/mol. The van der Waals surface area contributed by atoms with Crippen LogP contribution in [-0.4, -0.2) is 23.4 Å². The molecule has 2 rings (SSSR count). The molecule has 4 nitrogen and oxygen atoms in total. The summed E-state index contributed by atoms with van der Waals surface area (Å²) in [5.74, 6) is -0.355. The lowest BCUT2D eigenvalue weighted by Gasteiger charge is -2.23. The summed E-state index contributed by atoms with van der Waals surface area (Å²) in [5, 5.41) is 1.45. The van der Waals surface area contributed by atoms with Gasteiger partial charge >= 0.3 is 0 Å². The molecule has 0 heterocycles. The van der Waals surface area contributed by atoms with Crippen LogP contribution in [0, 0.1) is 6.92 Å². The van der Waals surface area contributed by atoms with Gasteiger partial charge in [0, 0.05) is 12.1 Å². The fourth-order valence-corrected chi connectivity index (χ4v) is 2.40. The normalized spacial score (nSPS) is 10.2. The molecule has 0 aromatic heterocycles. The summed E-state index contributed by atoms with van der Waals surface area (Å²) in [6.45, 7) is 4.51. The van der Waals surface area contributed by atoms with Crippen LogP contribution in [0.4, 0.5) is 0 Å². The van der Waals surface area contributed by atoms with Gasteiger partial charge in [-0.3, -0.25) is 20.0 Å². The van der Waals surface area contributed by atoms with Gasteiger partial charge in [0.05, 0.1) is 6.42 Å². The highest BCUT2D eigenvalue weighted by molar-refractivity contribution is 5.95. The van der Waals surface area contributed by atoms with Crippen LogP contribution in [0.1, 0.15) is 41.3 Å². The van der Waals surface area contributed by atoms with Crippen LogP contribution in [0.2, 0.25) is 0 Å². The van der Waals surface area contributed by atoms with E-state index in [1.165, 1.54) is 5.01 Å². The first-order valence-corrected chi connectivity index (χ1v) is 8.32. The molecule has 0 saturated carbocycles. The quantitative estimate of drug-likeness (QED) is 0.827. The van der Waals surface area contributed by atoms with Crippen molar-refractivity contribution in [2.24, 2.45) is 0 Å². The van der Waals surface area contributed by atoms with Crippen LogP contribution in [0.15, 0.2) is 54.6 Å². The average Bonchev–Trinajstić information content (AvgIpc) is 2.59. The molecule has 0 radical (unpaired) electrons. The molecule has 126 valence electrons. The van der Waals surface area contributed by atoms with Crippen LogP contribution in [-0.2, 0) is 11.2 Å². The minimum Gasteiger partial charge on any atom is -0.273 e. The second-order valence-electron chi connectivity index (χ2n) is 5.87. The van der Waals surface area contributed by atoms with E-state index in [1.54, 1.807) is 6.07 Å². The van der Waals surface area contributed by atoms with Crippen molar-refractivity contribution in [3.8, 4) is 0 Å². The van der Waals surface area contributed by atoms with E-state index in [0.29, 0.717) is 12.1 Å². The van der Waals surface area contributed by atoms with E-state index < -0.39 is 0 Å². The number of hydrogen-bond donors (Lipinski definition) is 1. The number of hydrogen-bond acceptors (Lipinski definition) is 2. The molecule has 0 spiro atoms. The van der Waals surface area contributed by atoms with Crippen molar-refractivity contribution in [1.29, 1.82) is 0 Å². The number of rotatable bonds is 6. The SMILES string of the molecule is CCCCN(NC(=O)c1cccc(C)c1)C(=O)Cc1ccccc1. The molecule has 0 atom stereocenters. The molecule has 0 aliphatic carbocycles. The topological polar surface area (TPSA) is 49.4 Å². The van der Waals surface area contributed by atoms with Crippen LogP contribution in [0.5, 0.6) is 0 Å². The maximum atomic E-state index is 12.6. The van der Waals surface area contributed by atoms with E-state index in [9.17, 15) is 9.59 Å². The number of aryl methyl sites for hydroxylation is 1. The Morgan fingerprint density at radius 1 is 1.04 bits per heavy atom. The van der Waals surface area contributed by atoms with Gasteiger partial charge in [-0.25, -0.2) is 0 Å². The van der Waals surface area contributed by atoms with Gasteiger partial charge in [0.25, 0.3) is 5.91 Å². The number of benzene rings is 2. The van der Waals surface area contributed by atoms with Crippen molar-refractivity contribution in [2.45, 2.75) is 33.1 Å². The number of carbonyl (C=O) groups excluding carboxylic acids is 2. The van der Waals surface area contributed by atoms with Crippen molar-refractivity contribution in [1.82, 2.24) is 10.4 Å². The first kappa shape index (κ1) is 17.7. The van der Waals surface area contributed by atoms with Crippen molar-refractivity contribution >= 4 is 11.8 Å². The first-order chi connectivity index (χ1) is 11.6. The molecule has 0 fully saturated rings. The predicted octanol–water partition coefficient (Wildman–Crippen LogP) is 3.51. The number of nitrogens with one attached hydrogen (secondary N) is 1. The molecule has 0 bridgehead atoms. The Kier molecular flexibility index (Phi) is 6.55. The molecule has 0 aliphatic heterocycles. The Labute approximate surface area is 143 Å². The van der Waals surface area contributed by atoms with Gasteiger partial charge < -0.3 is 0 Å². The number of nitrogens with zero attached hydrogens (tertiary/aromatic N) is 1.